The molecule has 1 aliphatic heterocycles. The maximum atomic E-state index is 5.69. The molecular formula is C15H25N3OS. The van der Waals surface area contributed by atoms with Crippen molar-refractivity contribution in [3.8, 4) is 0 Å². The Balaban J connectivity index is 1.78. The highest BCUT2D eigenvalue weighted by molar-refractivity contribution is 7.15. The van der Waals surface area contributed by atoms with Crippen molar-refractivity contribution in [2.24, 2.45) is 0 Å². The van der Waals surface area contributed by atoms with Crippen LogP contribution in [0.3, 0.4) is 0 Å². The average Bonchev–Trinajstić information content (AvgIpc) is 3.06. The van der Waals surface area contributed by atoms with Crippen molar-refractivity contribution in [2.75, 3.05) is 25.1 Å². The topological polar surface area (TPSA) is 37.4 Å². The molecule has 1 saturated heterocycles. The van der Waals surface area contributed by atoms with E-state index in [1.165, 1.54) is 28.5 Å². The van der Waals surface area contributed by atoms with Crippen molar-refractivity contribution >= 4 is 16.5 Å². The summed E-state index contributed by atoms with van der Waals surface area (Å²) >= 11 is 1.86. The first-order valence-corrected chi connectivity index (χ1v) is 8.57. The first-order valence-electron chi connectivity index (χ1n) is 7.75. The summed E-state index contributed by atoms with van der Waals surface area (Å²) in [5.41, 5.74) is 1.35. The molecule has 2 aliphatic rings. The Bertz CT molecular complexity index is 458. The average molecular weight is 295 g/mol. The highest BCUT2D eigenvalue weighted by Gasteiger charge is 2.33. The molecule has 4 nitrogen and oxygen atoms in total. The molecule has 1 N–H and O–H groups in total. The number of aromatic nitrogens is 1. The lowest BCUT2D eigenvalue weighted by Gasteiger charge is -2.26. The number of thiazole rings is 1. The summed E-state index contributed by atoms with van der Waals surface area (Å²) in [7, 11) is 2.17. The van der Waals surface area contributed by atoms with Crippen LogP contribution in [0.1, 0.15) is 49.6 Å². The Morgan fingerprint density at radius 1 is 1.40 bits per heavy atom. The molecule has 5 heteroatoms. The fourth-order valence-corrected chi connectivity index (χ4v) is 4.05. The lowest BCUT2D eigenvalue weighted by atomic mass is 10.1. The Labute approximate surface area is 125 Å². The smallest absolute Gasteiger partial charge is 0.185 e. The first kappa shape index (κ1) is 14.3. The van der Waals surface area contributed by atoms with Crippen LogP contribution in [0.25, 0.3) is 0 Å². The normalized spacial score (nSPS) is 26.1. The van der Waals surface area contributed by atoms with Gasteiger partial charge in [-0.3, -0.25) is 0 Å². The van der Waals surface area contributed by atoms with E-state index in [1.54, 1.807) is 0 Å². The monoisotopic (exact) mass is 295 g/mol. The minimum Gasteiger partial charge on any atom is -0.376 e. The quantitative estimate of drug-likeness (QED) is 0.875. The van der Waals surface area contributed by atoms with Gasteiger partial charge in [-0.15, -0.1) is 11.3 Å². The molecular weight excluding hydrogens is 270 g/mol. The standard InChI is InChI=1S/C15H25N3OS/c1-4-16-9-13-14(11-5-6-11)17-15(20-13)18(3)12-7-8-19-10(12)2/h10-12,16H,4-9H2,1-3H3. The van der Waals surface area contributed by atoms with Gasteiger partial charge >= 0.3 is 0 Å². The SMILES string of the molecule is CCNCc1sc(N(C)C2CCOC2C)nc1C1CC1. The summed E-state index contributed by atoms with van der Waals surface area (Å²) in [5, 5.41) is 4.61. The van der Waals surface area contributed by atoms with Gasteiger partial charge in [-0.2, -0.15) is 0 Å². The van der Waals surface area contributed by atoms with E-state index in [-0.39, 0.29) is 0 Å². The molecule has 20 heavy (non-hydrogen) atoms. The molecule has 0 bridgehead atoms. The molecule has 112 valence electrons. The molecule has 1 aromatic rings. The van der Waals surface area contributed by atoms with E-state index in [1.807, 2.05) is 11.3 Å². The van der Waals surface area contributed by atoms with Gasteiger partial charge in [0.2, 0.25) is 0 Å². The lowest BCUT2D eigenvalue weighted by Crippen LogP contribution is -2.36. The number of ether oxygens (including phenoxy) is 1. The number of hydrogen-bond donors (Lipinski definition) is 1. The van der Waals surface area contributed by atoms with Crippen LogP contribution in [0.4, 0.5) is 5.13 Å². The summed E-state index contributed by atoms with van der Waals surface area (Å²) in [5.74, 6) is 0.722. The third-order valence-corrected chi connectivity index (χ3v) is 5.51. The second-order valence-corrected chi connectivity index (χ2v) is 6.96. The zero-order chi connectivity index (χ0) is 14.1. The van der Waals surface area contributed by atoms with Gasteiger partial charge in [0.1, 0.15) is 0 Å². The van der Waals surface area contributed by atoms with Gasteiger partial charge in [0.25, 0.3) is 0 Å². The molecule has 2 unspecified atom stereocenters. The van der Waals surface area contributed by atoms with E-state index in [0.717, 1.165) is 32.0 Å². The predicted molar refractivity (Wildman–Crippen MR) is 83.7 cm³/mol. The lowest BCUT2D eigenvalue weighted by molar-refractivity contribution is 0.118. The Kier molecular flexibility index (Phi) is 4.29. The fraction of sp³-hybridized carbons (Fsp3) is 0.800. The van der Waals surface area contributed by atoms with Crippen LogP contribution in [0.15, 0.2) is 0 Å². The van der Waals surface area contributed by atoms with Crippen molar-refractivity contribution in [3.63, 3.8) is 0 Å². The zero-order valence-corrected chi connectivity index (χ0v) is 13.5. The van der Waals surface area contributed by atoms with Crippen LogP contribution >= 0.6 is 11.3 Å². The van der Waals surface area contributed by atoms with Gasteiger partial charge in [0.15, 0.2) is 5.13 Å². The van der Waals surface area contributed by atoms with E-state index in [0.29, 0.717) is 12.1 Å². The summed E-state index contributed by atoms with van der Waals surface area (Å²) in [4.78, 5) is 8.72. The Morgan fingerprint density at radius 3 is 2.80 bits per heavy atom. The third kappa shape index (κ3) is 2.85. The molecule has 1 aromatic heterocycles. The van der Waals surface area contributed by atoms with Crippen molar-refractivity contribution in [1.82, 2.24) is 10.3 Å². The summed E-state index contributed by atoms with van der Waals surface area (Å²) in [6.07, 6.45) is 4.05. The highest BCUT2D eigenvalue weighted by Crippen LogP contribution is 2.44. The fourth-order valence-electron chi connectivity index (χ4n) is 2.91. The molecule has 0 spiro atoms. The minimum absolute atomic E-state index is 0.311. The number of nitrogens with one attached hydrogen (secondary N) is 1. The van der Waals surface area contributed by atoms with Crippen molar-refractivity contribution in [2.45, 2.75) is 57.7 Å². The van der Waals surface area contributed by atoms with Crippen LogP contribution in [0, 0.1) is 0 Å². The second kappa shape index (κ2) is 6.00. The van der Waals surface area contributed by atoms with Crippen LogP contribution in [0.2, 0.25) is 0 Å². The van der Waals surface area contributed by atoms with Gasteiger partial charge in [-0.1, -0.05) is 6.92 Å². The van der Waals surface area contributed by atoms with E-state index in [2.05, 4.69) is 31.1 Å². The molecule has 0 amide bonds. The molecule has 2 heterocycles. The largest absolute Gasteiger partial charge is 0.376 e. The Hall–Kier alpha value is -0.650. The number of rotatable bonds is 6. The van der Waals surface area contributed by atoms with Gasteiger partial charge < -0.3 is 15.0 Å². The molecule has 3 rings (SSSR count). The van der Waals surface area contributed by atoms with Crippen LogP contribution in [-0.2, 0) is 11.3 Å². The third-order valence-electron chi connectivity index (χ3n) is 4.35. The number of hydrogen-bond acceptors (Lipinski definition) is 5. The zero-order valence-electron chi connectivity index (χ0n) is 12.7. The molecule has 0 aromatic carbocycles. The van der Waals surface area contributed by atoms with E-state index in [4.69, 9.17) is 9.72 Å². The number of likely N-dealkylation sites (N-methyl/N-ethyl adjacent to an activating group) is 1. The summed E-state index contributed by atoms with van der Waals surface area (Å²) in [6, 6.07) is 0.472. The van der Waals surface area contributed by atoms with Crippen LogP contribution < -0.4 is 10.2 Å². The van der Waals surface area contributed by atoms with Crippen LogP contribution in [-0.4, -0.2) is 37.3 Å². The van der Waals surface area contributed by atoms with Gasteiger partial charge in [-0.05, 0) is 32.7 Å². The maximum Gasteiger partial charge on any atom is 0.185 e. The van der Waals surface area contributed by atoms with Crippen molar-refractivity contribution < 1.29 is 4.74 Å². The van der Waals surface area contributed by atoms with Crippen LogP contribution in [0.5, 0.6) is 0 Å². The molecule has 0 radical (unpaired) electrons. The Morgan fingerprint density at radius 2 is 2.20 bits per heavy atom. The van der Waals surface area contributed by atoms with E-state index < -0.39 is 0 Å². The second-order valence-electron chi connectivity index (χ2n) is 5.90. The van der Waals surface area contributed by atoms with Gasteiger partial charge in [0, 0.05) is 31.0 Å². The minimum atomic E-state index is 0.311. The van der Waals surface area contributed by atoms with Gasteiger partial charge in [0.05, 0.1) is 17.8 Å². The predicted octanol–water partition coefficient (Wildman–Crippen LogP) is 2.74. The van der Waals surface area contributed by atoms with Crippen molar-refractivity contribution in [1.29, 1.82) is 0 Å². The summed E-state index contributed by atoms with van der Waals surface area (Å²) in [6.45, 7) is 7.18. The first-order chi connectivity index (χ1) is 9.70. The van der Waals surface area contributed by atoms with Crippen molar-refractivity contribution in [3.05, 3.63) is 10.6 Å². The summed E-state index contributed by atoms with van der Waals surface area (Å²) < 4.78 is 5.69. The van der Waals surface area contributed by atoms with E-state index >= 15 is 0 Å². The van der Waals surface area contributed by atoms with Gasteiger partial charge in [-0.25, -0.2) is 4.98 Å². The highest BCUT2D eigenvalue weighted by atomic mass is 32.1. The molecule has 2 fully saturated rings. The molecule has 2 atom stereocenters. The maximum absolute atomic E-state index is 5.69. The molecule has 1 aliphatic carbocycles. The number of nitrogens with zero attached hydrogens (tertiary/aromatic N) is 2. The number of anilines is 1. The van der Waals surface area contributed by atoms with E-state index in [9.17, 15) is 0 Å². The molecule has 1 saturated carbocycles.